The zero-order valence-electron chi connectivity index (χ0n) is 25.5. The van der Waals surface area contributed by atoms with Gasteiger partial charge < -0.3 is 9.80 Å². The third kappa shape index (κ3) is 8.78. The van der Waals surface area contributed by atoms with Crippen molar-refractivity contribution in [1.29, 1.82) is 0 Å². The van der Waals surface area contributed by atoms with Crippen LogP contribution in [0.2, 0.25) is 0 Å². The van der Waals surface area contributed by atoms with Crippen LogP contribution in [0.3, 0.4) is 0 Å². The molecule has 0 aromatic heterocycles. The molecule has 15 heteroatoms. The summed E-state index contributed by atoms with van der Waals surface area (Å²) >= 11 is 0. The van der Waals surface area contributed by atoms with Crippen molar-refractivity contribution in [3.8, 4) is 0 Å². The number of alkyl halides is 6. The number of carbonyl (C=O) groups excluding carboxylic acids is 2. The second-order valence-electron chi connectivity index (χ2n) is 12.3. The van der Waals surface area contributed by atoms with Crippen LogP contribution in [-0.4, -0.2) is 62.5 Å². The van der Waals surface area contributed by atoms with Crippen molar-refractivity contribution in [2.75, 3.05) is 26.4 Å². The van der Waals surface area contributed by atoms with E-state index in [0.717, 1.165) is 11.2 Å². The maximum atomic E-state index is 14.0. The number of sulfonamides is 1. The number of rotatable bonds is 7. The van der Waals surface area contributed by atoms with E-state index in [0.29, 0.717) is 48.9 Å². The number of nitrogens with zero attached hydrogens (tertiary/aromatic N) is 2. The molecule has 2 fully saturated rings. The number of hydrogen-bond acceptors (Lipinski definition) is 4. The summed E-state index contributed by atoms with van der Waals surface area (Å²) in [4.78, 5) is 30.1. The first-order chi connectivity index (χ1) is 21.2. The number of benzene rings is 2. The van der Waals surface area contributed by atoms with Crippen molar-refractivity contribution < 1.29 is 48.7 Å². The molecule has 4 rings (SSSR count). The van der Waals surface area contributed by atoms with Crippen LogP contribution in [0, 0.1) is 24.6 Å². The molecule has 254 valence electrons. The summed E-state index contributed by atoms with van der Waals surface area (Å²) in [5, 5.41) is 0. The highest BCUT2D eigenvalue weighted by molar-refractivity contribution is 7.88. The quantitative estimate of drug-likeness (QED) is 0.371. The first kappa shape index (κ1) is 35.7. The largest absolute Gasteiger partial charge is 0.416 e. The predicted octanol–water partition coefficient (Wildman–Crippen LogP) is 5.87. The van der Waals surface area contributed by atoms with Crippen molar-refractivity contribution in [3.63, 3.8) is 0 Å². The van der Waals surface area contributed by atoms with Crippen molar-refractivity contribution >= 4 is 21.8 Å². The molecular weight excluding hydrogens is 643 g/mol. The summed E-state index contributed by atoms with van der Waals surface area (Å²) in [7, 11) is -2.10. The maximum Gasteiger partial charge on any atom is 0.416 e. The topological polar surface area (TPSA) is 86.8 Å². The lowest BCUT2D eigenvalue weighted by molar-refractivity contribution is -0.144. The monoisotopic (exact) mass is 679 g/mol. The molecule has 0 bridgehead atoms. The molecule has 1 aliphatic heterocycles. The Bertz CT molecular complexity index is 1520. The number of piperidine rings is 1. The summed E-state index contributed by atoms with van der Waals surface area (Å²) in [6.45, 7) is 1.41. The summed E-state index contributed by atoms with van der Waals surface area (Å²) in [5.74, 6) is -2.95. The van der Waals surface area contributed by atoms with Gasteiger partial charge in [0.15, 0.2) is 0 Å². The van der Waals surface area contributed by atoms with E-state index in [1.807, 2.05) is 0 Å². The molecule has 7 nitrogen and oxygen atoms in total. The van der Waals surface area contributed by atoms with Crippen molar-refractivity contribution in [2.45, 2.75) is 69.9 Å². The Labute approximate surface area is 263 Å². The highest BCUT2D eigenvalue weighted by Crippen LogP contribution is 2.39. The van der Waals surface area contributed by atoms with Crippen LogP contribution < -0.4 is 4.72 Å². The fourth-order valence-electron chi connectivity index (χ4n) is 6.58. The van der Waals surface area contributed by atoms with Crippen LogP contribution in [0.5, 0.6) is 0 Å². The number of amides is 2. The SMILES string of the molecule is Cc1cc(F)ccc1C1CN(C(=O)C2CCC(NS(C)(=O)=O)CC2)CCC1C(=O)N(C)Cc1cc(C(F)(F)F)cc(C(F)(F)F)c1. The predicted molar refractivity (Wildman–Crippen MR) is 155 cm³/mol. The molecule has 2 aromatic carbocycles. The molecule has 2 aliphatic rings. The first-order valence-electron chi connectivity index (χ1n) is 14.8. The van der Waals surface area contributed by atoms with E-state index in [-0.39, 0.29) is 49.0 Å². The molecule has 1 heterocycles. The lowest BCUT2D eigenvalue weighted by Crippen LogP contribution is -2.50. The summed E-state index contributed by atoms with van der Waals surface area (Å²) in [6, 6.07) is 4.97. The van der Waals surface area contributed by atoms with Gasteiger partial charge in [0.25, 0.3) is 0 Å². The van der Waals surface area contributed by atoms with Crippen molar-refractivity contribution in [1.82, 2.24) is 14.5 Å². The van der Waals surface area contributed by atoms with Gasteiger partial charge in [-0.25, -0.2) is 17.5 Å². The van der Waals surface area contributed by atoms with E-state index in [4.69, 9.17) is 0 Å². The highest BCUT2D eigenvalue weighted by atomic mass is 32.2. The normalized spacial score (nSPS) is 22.9. The first-order valence-corrected chi connectivity index (χ1v) is 16.7. The number of likely N-dealkylation sites (tertiary alicyclic amines) is 1. The number of carbonyl (C=O) groups is 2. The van der Waals surface area contributed by atoms with Gasteiger partial charge in [0, 0.05) is 50.5 Å². The van der Waals surface area contributed by atoms with Gasteiger partial charge in [0.2, 0.25) is 21.8 Å². The molecule has 1 N–H and O–H groups in total. The van der Waals surface area contributed by atoms with E-state index in [1.54, 1.807) is 11.8 Å². The van der Waals surface area contributed by atoms with Crippen LogP contribution >= 0.6 is 0 Å². The van der Waals surface area contributed by atoms with Gasteiger partial charge in [-0.3, -0.25) is 9.59 Å². The number of hydrogen-bond donors (Lipinski definition) is 1. The number of aryl methyl sites for hydroxylation is 1. The minimum atomic E-state index is -5.04. The van der Waals surface area contributed by atoms with Gasteiger partial charge in [0.05, 0.1) is 17.4 Å². The molecule has 2 aromatic rings. The maximum absolute atomic E-state index is 14.0. The molecule has 2 unspecified atom stereocenters. The van der Waals surface area contributed by atoms with Crippen LogP contribution in [-0.2, 0) is 38.5 Å². The van der Waals surface area contributed by atoms with Gasteiger partial charge in [0.1, 0.15) is 5.82 Å². The van der Waals surface area contributed by atoms with Gasteiger partial charge in [-0.1, -0.05) is 6.07 Å². The Kier molecular flexibility index (Phi) is 10.5. The standard InChI is InChI=1S/C31H36F7N3O4S/c1-18-12-23(32)6-9-25(18)27-17-41(28(42)20-4-7-24(8-5-20)39-46(3,44)45)11-10-26(27)29(43)40(2)16-19-13-21(30(33,34)35)15-22(14-19)31(36,37)38/h6,9,12-15,20,24,26-27,39H,4-5,7-8,10-11,16-17H2,1-3H3. The Morgan fingerprint density at radius 3 is 2.04 bits per heavy atom. The summed E-state index contributed by atoms with van der Waals surface area (Å²) in [5.41, 5.74) is -2.18. The third-order valence-corrected chi connectivity index (χ3v) is 9.54. The van der Waals surface area contributed by atoms with Crippen LogP contribution in [0.1, 0.15) is 65.8 Å². The van der Waals surface area contributed by atoms with E-state index in [9.17, 15) is 48.7 Å². The Morgan fingerprint density at radius 1 is 0.935 bits per heavy atom. The van der Waals surface area contributed by atoms with E-state index < -0.39 is 63.6 Å². The third-order valence-electron chi connectivity index (χ3n) is 8.77. The summed E-state index contributed by atoms with van der Waals surface area (Å²) < 4.78 is 120. The lowest BCUT2D eigenvalue weighted by Gasteiger charge is -2.42. The van der Waals surface area contributed by atoms with Gasteiger partial charge in [-0.2, -0.15) is 26.3 Å². The Balaban J connectivity index is 1.55. The molecule has 2 atom stereocenters. The van der Waals surface area contributed by atoms with E-state index >= 15 is 0 Å². The van der Waals surface area contributed by atoms with Crippen LogP contribution in [0.4, 0.5) is 30.7 Å². The van der Waals surface area contributed by atoms with Gasteiger partial charge >= 0.3 is 12.4 Å². The minimum absolute atomic E-state index is 0.0278. The zero-order valence-corrected chi connectivity index (χ0v) is 26.3. The zero-order chi connectivity index (χ0) is 34.2. The van der Waals surface area contributed by atoms with E-state index in [1.165, 1.54) is 25.2 Å². The average Bonchev–Trinajstić information content (AvgIpc) is 2.94. The van der Waals surface area contributed by atoms with Crippen LogP contribution in [0.15, 0.2) is 36.4 Å². The molecule has 0 spiro atoms. The summed E-state index contributed by atoms with van der Waals surface area (Å²) in [6.07, 6.45) is -6.94. The second-order valence-corrected chi connectivity index (χ2v) is 14.1. The molecular formula is C31H36F7N3O4S. The number of nitrogens with one attached hydrogen (secondary N) is 1. The molecule has 46 heavy (non-hydrogen) atoms. The van der Waals surface area contributed by atoms with Crippen molar-refractivity contribution in [3.05, 3.63) is 70.0 Å². The number of halogens is 7. The smallest absolute Gasteiger partial charge is 0.342 e. The molecule has 2 amide bonds. The van der Waals surface area contributed by atoms with Crippen molar-refractivity contribution in [2.24, 2.45) is 11.8 Å². The molecule has 1 aliphatic carbocycles. The Morgan fingerprint density at radius 2 is 1.52 bits per heavy atom. The minimum Gasteiger partial charge on any atom is -0.342 e. The lowest BCUT2D eigenvalue weighted by atomic mass is 9.77. The molecule has 1 saturated carbocycles. The Hall–Kier alpha value is -3.20. The average molecular weight is 680 g/mol. The molecule has 0 radical (unpaired) electrons. The fraction of sp³-hybridized carbons (Fsp3) is 0.548. The van der Waals surface area contributed by atoms with Gasteiger partial charge in [-0.15, -0.1) is 0 Å². The molecule has 1 saturated heterocycles. The second kappa shape index (κ2) is 13.5. The van der Waals surface area contributed by atoms with E-state index in [2.05, 4.69) is 4.72 Å². The highest BCUT2D eigenvalue weighted by Gasteiger charge is 2.41. The fourth-order valence-corrected chi connectivity index (χ4v) is 7.42. The van der Waals surface area contributed by atoms with Crippen LogP contribution in [0.25, 0.3) is 0 Å². The van der Waals surface area contributed by atoms with Gasteiger partial charge in [-0.05, 0) is 86.1 Å².